The van der Waals surface area contributed by atoms with Crippen LogP contribution in [0.1, 0.15) is 33.2 Å². The van der Waals surface area contributed by atoms with Gasteiger partial charge >= 0.3 is 0 Å². The lowest BCUT2D eigenvalue weighted by molar-refractivity contribution is 0.0957. The topological polar surface area (TPSA) is 46.2 Å². The molecule has 2 aromatic carbocycles. The molecular weight excluding hydrogens is 238 g/mol. The molecule has 3 heteroatoms. The smallest absolute Gasteiger partial charge is 0.251 e. The Morgan fingerprint density at radius 1 is 1.37 bits per heavy atom. The molecule has 1 amide bonds. The molecule has 0 spiro atoms. The predicted octanol–water partition coefficient (Wildman–Crippen LogP) is 2.38. The number of rotatable bonds is 3. The molecular formula is C16H13NO2. The van der Waals surface area contributed by atoms with E-state index < -0.39 is 0 Å². The molecule has 0 atom stereocenters. The van der Waals surface area contributed by atoms with Gasteiger partial charge in [-0.25, -0.2) is 0 Å². The number of carbonyl (C=O) groups excluding carboxylic acids is 2. The molecule has 2 rings (SSSR count). The number of terminal acetylenes is 1. The van der Waals surface area contributed by atoms with Gasteiger partial charge in [0.1, 0.15) is 0 Å². The number of aldehydes is 1. The van der Waals surface area contributed by atoms with E-state index in [9.17, 15) is 9.59 Å². The highest BCUT2D eigenvalue weighted by molar-refractivity contribution is 6.13. The van der Waals surface area contributed by atoms with Crippen LogP contribution in [0.4, 0.5) is 0 Å². The van der Waals surface area contributed by atoms with Crippen molar-refractivity contribution >= 4 is 23.0 Å². The number of fused-ring (bicyclic) bond motifs is 1. The number of benzene rings is 2. The maximum Gasteiger partial charge on any atom is 0.251 e. The Bertz CT molecular complexity index is 696. The largest absolute Gasteiger partial charge is 0.352 e. The van der Waals surface area contributed by atoms with Crippen molar-refractivity contribution in [2.45, 2.75) is 6.92 Å². The Kier molecular flexibility index (Phi) is 3.63. The van der Waals surface area contributed by atoms with Crippen LogP contribution in [0.2, 0.25) is 0 Å². The average Bonchev–Trinajstić information content (AvgIpc) is 2.45. The molecule has 0 bridgehead atoms. The van der Waals surface area contributed by atoms with Gasteiger partial charge in [0.15, 0.2) is 6.29 Å². The van der Waals surface area contributed by atoms with Gasteiger partial charge in [0.05, 0.1) is 0 Å². The van der Waals surface area contributed by atoms with Gasteiger partial charge in [-0.2, -0.15) is 0 Å². The Morgan fingerprint density at radius 3 is 2.79 bits per heavy atom. The Balaban J connectivity index is 2.83. The Morgan fingerprint density at radius 2 is 2.16 bits per heavy atom. The van der Waals surface area contributed by atoms with Gasteiger partial charge in [0.2, 0.25) is 0 Å². The third kappa shape index (κ3) is 2.21. The van der Waals surface area contributed by atoms with Crippen LogP contribution in [0.15, 0.2) is 30.3 Å². The molecule has 1 N–H and O–H groups in total. The van der Waals surface area contributed by atoms with Gasteiger partial charge in [-0.05, 0) is 30.5 Å². The maximum atomic E-state index is 12.0. The number of amides is 1. The van der Waals surface area contributed by atoms with E-state index in [1.54, 1.807) is 24.3 Å². The third-order valence-electron chi connectivity index (χ3n) is 2.94. The van der Waals surface area contributed by atoms with E-state index in [-0.39, 0.29) is 5.91 Å². The zero-order valence-corrected chi connectivity index (χ0v) is 10.6. The predicted molar refractivity (Wildman–Crippen MR) is 75.3 cm³/mol. The summed E-state index contributed by atoms with van der Waals surface area (Å²) in [5.74, 6) is 2.37. The van der Waals surface area contributed by atoms with E-state index in [0.29, 0.717) is 28.6 Å². The second-order valence-electron chi connectivity index (χ2n) is 4.05. The second kappa shape index (κ2) is 5.36. The van der Waals surface area contributed by atoms with Gasteiger partial charge in [0.25, 0.3) is 5.91 Å². The molecule has 0 fully saturated rings. The van der Waals surface area contributed by atoms with Crippen LogP contribution in [0.5, 0.6) is 0 Å². The lowest BCUT2D eigenvalue weighted by Gasteiger charge is -2.10. The van der Waals surface area contributed by atoms with E-state index in [4.69, 9.17) is 6.42 Å². The number of nitrogens with one attached hydrogen (secondary N) is 1. The summed E-state index contributed by atoms with van der Waals surface area (Å²) >= 11 is 0. The van der Waals surface area contributed by atoms with Crippen LogP contribution in [-0.2, 0) is 0 Å². The van der Waals surface area contributed by atoms with Crippen LogP contribution in [0.3, 0.4) is 0 Å². The van der Waals surface area contributed by atoms with Crippen LogP contribution >= 0.6 is 0 Å². The van der Waals surface area contributed by atoms with Crippen molar-refractivity contribution in [3.05, 3.63) is 47.0 Å². The molecule has 0 aromatic heterocycles. The SMILES string of the molecule is C#Cc1ccc(C=O)c2c(C(=O)NCC)cccc12. The highest BCUT2D eigenvalue weighted by Crippen LogP contribution is 2.25. The summed E-state index contributed by atoms with van der Waals surface area (Å²) in [6.07, 6.45) is 6.19. The summed E-state index contributed by atoms with van der Waals surface area (Å²) in [6, 6.07) is 8.64. The summed E-state index contributed by atoms with van der Waals surface area (Å²) in [4.78, 5) is 23.2. The van der Waals surface area contributed by atoms with Crippen LogP contribution in [0.25, 0.3) is 10.8 Å². The Hall–Kier alpha value is -2.60. The molecule has 0 saturated heterocycles. The number of hydrogen-bond donors (Lipinski definition) is 1. The minimum Gasteiger partial charge on any atom is -0.352 e. The summed E-state index contributed by atoms with van der Waals surface area (Å²) < 4.78 is 0. The molecule has 0 aliphatic rings. The van der Waals surface area contributed by atoms with Crippen molar-refractivity contribution in [2.75, 3.05) is 6.54 Å². The van der Waals surface area contributed by atoms with Gasteiger partial charge < -0.3 is 5.32 Å². The molecule has 3 nitrogen and oxygen atoms in total. The van der Waals surface area contributed by atoms with E-state index in [1.165, 1.54) is 0 Å². The van der Waals surface area contributed by atoms with Crippen molar-refractivity contribution in [3.8, 4) is 12.3 Å². The molecule has 94 valence electrons. The van der Waals surface area contributed by atoms with Gasteiger partial charge in [-0.1, -0.05) is 18.1 Å². The molecule has 0 heterocycles. The Labute approximate surface area is 111 Å². The molecule has 19 heavy (non-hydrogen) atoms. The van der Waals surface area contributed by atoms with Gasteiger partial charge in [0, 0.05) is 28.6 Å². The molecule has 0 radical (unpaired) electrons. The standard InChI is InChI=1S/C16H13NO2/c1-3-11-8-9-12(10-18)15-13(11)6-5-7-14(15)16(19)17-4-2/h1,5-10H,4H2,2H3,(H,17,19). The quantitative estimate of drug-likeness (QED) is 0.672. The summed E-state index contributed by atoms with van der Waals surface area (Å²) in [6.45, 7) is 2.37. The zero-order valence-electron chi connectivity index (χ0n) is 10.6. The summed E-state index contributed by atoms with van der Waals surface area (Å²) in [5, 5.41) is 4.09. The van der Waals surface area contributed by atoms with Crippen LogP contribution in [0, 0.1) is 12.3 Å². The molecule has 2 aromatic rings. The van der Waals surface area contributed by atoms with Gasteiger partial charge in [-0.15, -0.1) is 6.42 Å². The minimum atomic E-state index is -0.203. The fraction of sp³-hybridized carbons (Fsp3) is 0.125. The zero-order chi connectivity index (χ0) is 13.8. The lowest BCUT2D eigenvalue weighted by Crippen LogP contribution is -2.23. The summed E-state index contributed by atoms with van der Waals surface area (Å²) in [7, 11) is 0. The number of hydrogen-bond acceptors (Lipinski definition) is 2. The van der Waals surface area contributed by atoms with Crippen molar-refractivity contribution in [2.24, 2.45) is 0 Å². The summed E-state index contributed by atoms with van der Waals surface area (Å²) in [5.41, 5.74) is 1.61. The molecule has 0 saturated carbocycles. The first-order valence-corrected chi connectivity index (χ1v) is 5.98. The molecule has 0 aliphatic carbocycles. The van der Waals surface area contributed by atoms with Crippen molar-refractivity contribution in [1.29, 1.82) is 0 Å². The fourth-order valence-corrected chi connectivity index (χ4v) is 2.10. The highest BCUT2D eigenvalue weighted by Gasteiger charge is 2.13. The van der Waals surface area contributed by atoms with Crippen molar-refractivity contribution < 1.29 is 9.59 Å². The lowest BCUT2D eigenvalue weighted by atomic mass is 9.95. The second-order valence-corrected chi connectivity index (χ2v) is 4.05. The van der Waals surface area contributed by atoms with E-state index >= 15 is 0 Å². The van der Waals surface area contributed by atoms with E-state index in [0.717, 1.165) is 11.7 Å². The monoisotopic (exact) mass is 251 g/mol. The first kappa shape index (κ1) is 12.8. The fourth-order valence-electron chi connectivity index (χ4n) is 2.10. The van der Waals surface area contributed by atoms with Crippen molar-refractivity contribution in [1.82, 2.24) is 5.32 Å². The van der Waals surface area contributed by atoms with Gasteiger partial charge in [-0.3, -0.25) is 9.59 Å². The first-order valence-electron chi connectivity index (χ1n) is 5.98. The minimum absolute atomic E-state index is 0.203. The van der Waals surface area contributed by atoms with Crippen molar-refractivity contribution in [3.63, 3.8) is 0 Å². The van der Waals surface area contributed by atoms with E-state index in [1.807, 2.05) is 13.0 Å². The van der Waals surface area contributed by atoms with Crippen LogP contribution < -0.4 is 5.32 Å². The molecule has 0 unspecified atom stereocenters. The first-order chi connectivity index (χ1) is 9.22. The highest BCUT2D eigenvalue weighted by atomic mass is 16.1. The average molecular weight is 251 g/mol. The van der Waals surface area contributed by atoms with Crippen LogP contribution in [-0.4, -0.2) is 18.7 Å². The molecule has 0 aliphatic heterocycles. The maximum absolute atomic E-state index is 12.0. The third-order valence-corrected chi connectivity index (χ3v) is 2.94. The van der Waals surface area contributed by atoms with E-state index in [2.05, 4.69) is 11.2 Å². The number of carbonyl (C=O) groups is 2. The normalized spacial score (nSPS) is 9.89.